The number of benzene rings is 1. The maximum absolute atomic E-state index is 13.0. The predicted octanol–water partition coefficient (Wildman–Crippen LogP) is 4.06. The van der Waals surface area contributed by atoms with Gasteiger partial charge in [0.05, 0.1) is 0 Å². The number of carbonyl (C=O) groups is 2. The molecule has 4 aliphatic rings. The Morgan fingerprint density at radius 3 is 2.24 bits per heavy atom. The third kappa shape index (κ3) is 4.20. The molecule has 0 saturated heterocycles. The van der Waals surface area contributed by atoms with E-state index in [0.717, 1.165) is 49.9 Å². The number of carbonyl (C=O) groups excluding carboxylic acids is 2. The monoisotopic (exact) mass is 458 g/mol. The average Bonchev–Trinajstić information content (AvgIpc) is 2.71. The number of hydrogen-bond donors (Lipinski definition) is 2. The van der Waals surface area contributed by atoms with Crippen LogP contribution in [0.1, 0.15) is 70.8 Å². The Hall–Kier alpha value is -2.97. The van der Waals surface area contributed by atoms with E-state index in [4.69, 9.17) is 0 Å². The van der Waals surface area contributed by atoms with Gasteiger partial charge in [0.15, 0.2) is 0 Å². The number of aromatic nitrogens is 2. The maximum Gasteiger partial charge on any atom is 0.433 e. The van der Waals surface area contributed by atoms with Crippen molar-refractivity contribution in [2.24, 2.45) is 11.8 Å². The van der Waals surface area contributed by atoms with Gasteiger partial charge in [-0.3, -0.25) is 9.59 Å². The molecular weight excluding hydrogens is 433 g/mol. The second kappa shape index (κ2) is 7.53. The average molecular weight is 458 g/mol. The van der Waals surface area contributed by atoms with Crippen LogP contribution in [0, 0.1) is 18.8 Å². The number of amides is 2. The van der Waals surface area contributed by atoms with Crippen molar-refractivity contribution in [1.29, 1.82) is 0 Å². The van der Waals surface area contributed by atoms with Gasteiger partial charge in [0.1, 0.15) is 5.69 Å². The molecule has 2 amide bonds. The van der Waals surface area contributed by atoms with Crippen LogP contribution < -0.4 is 10.6 Å². The highest BCUT2D eigenvalue weighted by atomic mass is 19.4. The van der Waals surface area contributed by atoms with E-state index in [1.54, 1.807) is 6.07 Å². The highest BCUT2D eigenvalue weighted by Crippen LogP contribution is 2.57. The molecule has 2 aromatic rings. The first kappa shape index (κ1) is 21.9. The first-order chi connectivity index (χ1) is 15.5. The smallest absolute Gasteiger partial charge is 0.346 e. The van der Waals surface area contributed by atoms with Crippen molar-refractivity contribution in [3.8, 4) is 0 Å². The van der Waals surface area contributed by atoms with Crippen LogP contribution in [0.15, 0.2) is 36.5 Å². The number of rotatable bonds is 4. The summed E-state index contributed by atoms with van der Waals surface area (Å²) in [7, 11) is 0. The van der Waals surface area contributed by atoms with Crippen LogP contribution in [0.5, 0.6) is 0 Å². The summed E-state index contributed by atoms with van der Waals surface area (Å²) in [6.07, 6.45) is 1.08. The molecule has 4 bridgehead atoms. The van der Waals surface area contributed by atoms with Crippen molar-refractivity contribution in [1.82, 2.24) is 20.6 Å². The summed E-state index contributed by atoms with van der Waals surface area (Å²) >= 11 is 0. The van der Waals surface area contributed by atoms with Gasteiger partial charge in [0.25, 0.3) is 11.8 Å². The maximum atomic E-state index is 13.0. The van der Waals surface area contributed by atoms with Crippen molar-refractivity contribution >= 4 is 11.8 Å². The molecule has 2 atom stereocenters. The van der Waals surface area contributed by atoms with Gasteiger partial charge in [-0.25, -0.2) is 9.97 Å². The van der Waals surface area contributed by atoms with E-state index in [9.17, 15) is 22.8 Å². The number of alkyl halides is 3. The molecule has 174 valence electrons. The zero-order valence-corrected chi connectivity index (χ0v) is 18.2. The standard InChI is InChI=1S/C24H25F3N4O2/c1-14-3-2-4-17(7-14)20(32)30-22-9-15-8-16(10-22)12-23(11-15,13-22)31-21(33)19-28-6-5-18(29-19)24(25,26)27/h2-7,15-16H,8-13H2,1H3,(H,30,32)(H,31,33). The fourth-order valence-corrected chi connectivity index (χ4v) is 6.58. The molecule has 1 heterocycles. The van der Waals surface area contributed by atoms with Gasteiger partial charge in [-0.2, -0.15) is 13.2 Å². The second-order valence-corrected chi connectivity index (χ2v) is 10.1. The summed E-state index contributed by atoms with van der Waals surface area (Å²) < 4.78 is 39.1. The van der Waals surface area contributed by atoms with E-state index >= 15 is 0 Å². The number of hydrogen-bond acceptors (Lipinski definition) is 4. The molecule has 0 radical (unpaired) electrons. The van der Waals surface area contributed by atoms with Gasteiger partial charge in [-0.05, 0) is 75.5 Å². The molecular formula is C24H25F3N4O2. The normalized spacial score (nSPS) is 30.2. The van der Waals surface area contributed by atoms with Gasteiger partial charge < -0.3 is 10.6 Å². The minimum absolute atomic E-state index is 0.136. The molecule has 2 unspecified atom stereocenters. The molecule has 0 spiro atoms. The molecule has 6 rings (SSSR count). The molecule has 33 heavy (non-hydrogen) atoms. The fourth-order valence-electron chi connectivity index (χ4n) is 6.58. The van der Waals surface area contributed by atoms with E-state index in [-0.39, 0.29) is 5.91 Å². The summed E-state index contributed by atoms with van der Waals surface area (Å²) in [4.78, 5) is 33.1. The molecule has 4 aliphatic carbocycles. The zero-order valence-electron chi connectivity index (χ0n) is 18.2. The van der Waals surface area contributed by atoms with Gasteiger partial charge in [0.2, 0.25) is 5.82 Å². The summed E-state index contributed by atoms with van der Waals surface area (Å²) in [5.74, 6) is -0.649. The Kier molecular flexibility index (Phi) is 4.99. The van der Waals surface area contributed by atoms with Crippen molar-refractivity contribution in [2.45, 2.75) is 62.7 Å². The molecule has 2 N–H and O–H groups in total. The van der Waals surface area contributed by atoms with E-state index in [1.165, 1.54) is 0 Å². The lowest BCUT2D eigenvalue weighted by Gasteiger charge is -2.62. The zero-order chi connectivity index (χ0) is 23.4. The Balaban J connectivity index is 1.37. The second-order valence-electron chi connectivity index (χ2n) is 10.1. The van der Waals surface area contributed by atoms with Crippen molar-refractivity contribution in [3.05, 3.63) is 59.2 Å². The highest BCUT2D eigenvalue weighted by molar-refractivity contribution is 5.95. The number of aryl methyl sites for hydroxylation is 1. The van der Waals surface area contributed by atoms with Gasteiger partial charge in [0, 0.05) is 22.8 Å². The molecule has 4 fully saturated rings. The molecule has 1 aromatic carbocycles. The molecule has 9 heteroatoms. The quantitative estimate of drug-likeness (QED) is 0.724. The van der Waals surface area contributed by atoms with Crippen LogP contribution >= 0.6 is 0 Å². The number of nitrogens with one attached hydrogen (secondary N) is 2. The summed E-state index contributed by atoms with van der Waals surface area (Å²) in [6.45, 7) is 1.93. The van der Waals surface area contributed by atoms with E-state index in [0.29, 0.717) is 23.8 Å². The Morgan fingerprint density at radius 2 is 1.64 bits per heavy atom. The highest BCUT2D eigenvalue weighted by Gasteiger charge is 2.59. The lowest BCUT2D eigenvalue weighted by Crippen LogP contribution is -2.70. The minimum Gasteiger partial charge on any atom is -0.346 e. The number of nitrogens with zero attached hydrogens (tertiary/aromatic N) is 2. The van der Waals surface area contributed by atoms with Crippen LogP contribution in [0.2, 0.25) is 0 Å². The van der Waals surface area contributed by atoms with Crippen LogP contribution in [-0.2, 0) is 6.18 Å². The van der Waals surface area contributed by atoms with Gasteiger partial charge >= 0.3 is 6.18 Å². The third-order valence-electron chi connectivity index (χ3n) is 7.25. The topological polar surface area (TPSA) is 84.0 Å². The van der Waals surface area contributed by atoms with Crippen LogP contribution in [-0.4, -0.2) is 32.9 Å². The van der Waals surface area contributed by atoms with Crippen molar-refractivity contribution in [2.75, 3.05) is 0 Å². The Morgan fingerprint density at radius 1 is 1.00 bits per heavy atom. The minimum atomic E-state index is -4.65. The van der Waals surface area contributed by atoms with Crippen LogP contribution in [0.4, 0.5) is 13.2 Å². The Labute approximate surface area is 189 Å². The first-order valence-corrected chi connectivity index (χ1v) is 11.2. The number of halogens is 3. The lowest BCUT2D eigenvalue weighted by molar-refractivity contribution is -0.141. The summed E-state index contributed by atoms with van der Waals surface area (Å²) in [5, 5.41) is 6.25. The largest absolute Gasteiger partial charge is 0.433 e. The molecule has 4 saturated carbocycles. The van der Waals surface area contributed by atoms with Crippen molar-refractivity contribution < 1.29 is 22.8 Å². The van der Waals surface area contributed by atoms with E-state index in [1.807, 2.05) is 25.1 Å². The van der Waals surface area contributed by atoms with Crippen molar-refractivity contribution in [3.63, 3.8) is 0 Å². The van der Waals surface area contributed by atoms with Crippen LogP contribution in [0.3, 0.4) is 0 Å². The molecule has 0 aliphatic heterocycles. The van der Waals surface area contributed by atoms with Gasteiger partial charge in [-0.1, -0.05) is 17.7 Å². The van der Waals surface area contributed by atoms with E-state index < -0.39 is 34.7 Å². The lowest BCUT2D eigenvalue weighted by atomic mass is 9.49. The summed E-state index contributed by atoms with van der Waals surface area (Å²) in [6, 6.07) is 8.16. The van der Waals surface area contributed by atoms with E-state index in [2.05, 4.69) is 20.6 Å². The fraction of sp³-hybridized carbons (Fsp3) is 0.500. The van der Waals surface area contributed by atoms with Crippen LogP contribution in [0.25, 0.3) is 0 Å². The predicted molar refractivity (Wildman–Crippen MR) is 113 cm³/mol. The third-order valence-corrected chi connectivity index (χ3v) is 7.25. The Bertz CT molecular complexity index is 1100. The first-order valence-electron chi connectivity index (χ1n) is 11.2. The SMILES string of the molecule is Cc1cccc(C(=O)NC23CC4CC(C2)CC(NC(=O)c2nccc(C(F)(F)F)n2)(C4)C3)c1. The summed E-state index contributed by atoms with van der Waals surface area (Å²) in [5.41, 5.74) is -0.569. The van der Waals surface area contributed by atoms with Gasteiger partial charge in [-0.15, -0.1) is 0 Å². The molecule has 6 nitrogen and oxygen atoms in total. The molecule has 1 aromatic heterocycles.